The van der Waals surface area contributed by atoms with E-state index in [9.17, 15) is 4.79 Å². The van der Waals surface area contributed by atoms with Crippen LogP contribution in [0.15, 0.2) is 0 Å². The van der Waals surface area contributed by atoms with Gasteiger partial charge in [0.25, 0.3) is 0 Å². The maximum atomic E-state index is 10.3. The van der Waals surface area contributed by atoms with Gasteiger partial charge in [-0.05, 0) is 10.4 Å². The molecule has 0 aliphatic carbocycles. The maximum absolute atomic E-state index is 10.3. The Morgan fingerprint density at radius 2 is 2.33 bits per heavy atom. The van der Waals surface area contributed by atoms with Crippen LogP contribution in [0, 0.1) is 0 Å². The molecule has 0 saturated carbocycles. The van der Waals surface area contributed by atoms with E-state index in [4.69, 9.17) is 10.2 Å². The number of carboxylic acid groups (broad SMARTS) is 1. The van der Waals surface area contributed by atoms with Gasteiger partial charge in [0.15, 0.2) is 5.82 Å². The lowest BCUT2D eigenvalue weighted by molar-refractivity contribution is -0.136. The van der Waals surface area contributed by atoms with Crippen molar-refractivity contribution in [2.24, 2.45) is 0 Å². The molecule has 0 aromatic carbocycles. The summed E-state index contributed by atoms with van der Waals surface area (Å²) in [7, 11) is 0. The summed E-state index contributed by atoms with van der Waals surface area (Å²) in [5.74, 6) is -0.750. The highest BCUT2D eigenvalue weighted by atomic mass is 16.4. The number of aliphatic hydroxyl groups is 1. The highest BCUT2D eigenvalue weighted by molar-refractivity contribution is 5.68. The zero-order valence-electron chi connectivity index (χ0n) is 6.21. The Morgan fingerprint density at radius 3 is 2.92 bits per heavy atom. The fourth-order valence-electron chi connectivity index (χ4n) is 0.754. The molecule has 12 heavy (non-hydrogen) atoms. The summed E-state index contributed by atoms with van der Waals surface area (Å²) in [6.45, 7) is 0.104. The second-order valence-electron chi connectivity index (χ2n) is 2.11. The molecule has 1 aromatic heterocycles. The van der Waals surface area contributed by atoms with Gasteiger partial charge in [-0.25, -0.2) is 4.68 Å². The molecule has 1 heterocycles. The van der Waals surface area contributed by atoms with Crippen molar-refractivity contribution in [3.8, 4) is 0 Å². The van der Waals surface area contributed by atoms with E-state index in [1.807, 2.05) is 0 Å². The van der Waals surface area contributed by atoms with Gasteiger partial charge in [0.05, 0.1) is 13.2 Å². The Morgan fingerprint density at radius 1 is 1.58 bits per heavy atom. The van der Waals surface area contributed by atoms with E-state index in [1.165, 1.54) is 4.68 Å². The number of hydrogen-bond acceptors (Lipinski definition) is 5. The molecule has 0 saturated heterocycles. The standard InChI is InChI=1S/C5H8N4O3/c10-2-1-9-4(3-5(11)12)6-7-8-9/h10H,1-3H2,(H,11,12). The van der Waals surface area contributed by atoms with Gasteiger partial charge in [-0.15, -0.1) is 5.10 Å². The average molecular weight is 172 g/mol. The summed E-state index contributed by atoms with van der Waals surface area (Å²) >= 11 is 0. The third-order valence-corrected chi connectivity index (χ3v) is 1.23. The van der Waals surface area contributed by atoms with Crippen molar-refractivity contribution >= 4 is 5.97 Å². The van der Waals surface area contributed by atoms with Crippen molar-refractivity contribution in [3.63, 3.8) is 0 Å². The molecule has 0 fully saturated rings. The van der Waals surface area contributed by atoms with Gasteiger partial charge in [-0.1, -0.05) is 0 Å². The quantitative estimate of drug-likeness (QED) is 0.561. The largest absolute Gasteiger partial charge is 0.481 e. The summed E-state index contributed by atoms with van der Waals surface area (Å²) in [4.78, 5) is 10.3. The second kappa shape index (κ2) is 3.77. The van der Waals surface area contributed by atoms with E-state index in [1.54, 1.807) is 0 Å². The van der Waals surface area contributed by atoms with Crippen molar-refractivity contribution in [1.82, 2.24) is 20.2 Å². The molecule has 0 radical (unpaired) electrons. The van der Waals surface area contributed by atoms with Crippen molar-refractivity contribution in [2.75, 3.05) is 6.61 Å². The van der Waals surface area contributed by atoms with Crippen LogP contribution in [0.1, 0.15) is 5.82 Å². The minimum absolute atomic E-state index is 0.113. The minimum Gasteiger partial charge on any atom is -0.481 e. The Balaban J connectivity index is 2.69. The number of aliphatic hydroxyl groups excluding tert-OH is 1. The van der Waals surface area contributed by atoms with Crippen LogP contribution in [0.25, 0.3) is 0 Å². The lowest BCUT2D eigenvalue weighted by Crippen LogP contribution is -2.12. The normalized spacial score (nSPS) is 10.1. The van der Waals surface area contributed by atoms with Crippen molar-refractivity contribution in [2.45, 2.75) is 13.0 Å². The van der Waals surface area contributed by atoms with Gasteiger partial charge in [0, 0.05) is 0 Å². The third kappa shape index (κ3) is 1.99. The summed E-state index contributed by atoms with van der Waals surface area (Å²) in [5, 5.41) is 27.2. The Labute approximate surface area is 67.6 Å². The monoisotopic (exact) mass is 172 g/mol. The van der Waals surface area contributed by atoms with E-state index in [-0.39, 0.29) is 25.4 Å². The summed E-state index contributed by atoms with van der Waals surface area (Å²) in [6.07, 6.45) is -0.229. The van der Waals surface area contributed by atoms with Crippen molar-refractivity contribution in [1.29, 1.82) is 0 Å². The van der Waals surface area contributed by atoms with Gasteiger partial charge in [0.1, 0.15) is 6.42 Å². The summed E-state index contributed by atoms with van der Waals surface area (Å²) in [5.41, 5.74) is 0. The van der Waals surface area contributed by atoms with E-state index in [0.717, 1.165) is 0 Å². The number of aliphatic carboxylic acids is 1. The SMILES string of the molecule is O=C(O)Cc1nnnn1CCO. The number of nitrogens with zero attached hydrogens (tertiary/aromatic N) is 4. The van der Waals surface area contributed by atoms with Gasteiger partial charge >= 0.3 is 5.97 Å². The highest BCUT2D eigenvalue weighted by Gasteiger charge is 2.08. The molecule has 0 atom stereocenters. The molecule has 66 valence electrons. The van der Waals surface area contributed by atoms with E-state index >= 15 is 0 Å². The first-order valence-electron chi connectivity index (χ1n) is 3.31. The number of carboxylic acids is 1. The molecule has 0 spiro atoms. The fourth-order valence-corrected chi connectivity index (χ4v) is 0.754. The van der Waals surface area contributed by atoms with Gasteiger partial charge < -0.3 is 10.2 Å². The van der Waals surface area contributed by atoms with E-state index in [2.05, 4.69) is 15.5 Å². The number of tetrazole rings is 1. The topological polar surface area (TPSA) is 101 Å². The zero-order chi connectivity index (χ0) is 8.97. The molecule has 7 nitrogen and oxygen atoms in total. The van der Waals surface area contributed by atoms with Crippen LogP contribution in [-0.2, 0) is 17.8 Å². The van der Waals surface area contributed by atoms with Crippen LogP contribution >= 0.6 is 0 Å². The highest BCUT2D eigenvalue weighted by Crippen LogP contribution is 1.92. The first kappa shape index (κ1) is 8.60. The van der Waals surface area contributed by atoms with E-state index in [0.29, 0.717) is 0 Å². The minimum atomic E-state index is -0.996. The van der Waals surface area contributed by atoms with Crippen LogP contribution in [-0.4, -0.2) is 43.0 Å². The molecule has 7 heteroatoms. The number of aromatic nitrogens is 4. The Bertz CT molecular complexity index is 271. The lowest BCUT2D eigenvalue weighted by Gasteiger charge is -1.97. The Hall–Kier alpha value is -1.50. The van der Waals surface area contributed by atoms with Crippen LogP contribution in [0.3, 0.4) is 0 Å². The Kier molecular flexibility index (Phi) is 2.70. The molecule has 0 aliphatic heterocycles. The van der Waals surface area contributed by atoms with Gasteiger partial charge in [0.2, 0.25) is 0 Å². The van der Waals surface area contributed by atoms with Crippen LogP contribution < -0.4 is 0 Å². The third-order valence-electron chi connectivity index (χ3n) is 1.23. The lowest BCUT2D eigenvalue weighted by atomic mass is 10.4. The molecule has 0 unspecified atom stereocenters. The average Bonchev–Trinajstić information content (AvgIpc) is 2.37. The van der Waals surface area contributed by atoms with Crippen molar-refractivity contribution in [3.05, 3.63) is 5.82 Å². The summed E-state index contributed by atoms with van der Waals surface area (Å²) in [6, 6.07) is 0. The zero-order valence-corrected chi connectivity index (χ0v) is 6.21. The van der Waals surface area contributed by atoms with Crippen LogP contribution in [0.4, 0.5) is 0 Å². The molecule has 1 rings (SSSR count). The number of hydrogen-bond donors (Lipinski definition) is 2. The molecule has 0 aliphatic rings. The summed E-state index contributed by atoms with van der Waals surface area (Å²) < 4.78 is 1.26. The molecule has 1 aromatic rings. The predicted molar refractivity (Wildman–Crippen MR) is 36.2 cm³/mol. The first-order chi connectivity index (χ1) is 5.74. The van der Waals surface area contributed by atoms with E-state index < -0.39 is 5.97 Å². The predicted octanol–water partition coefficient (Wildman–Crippen LogP) is -1.71. The molecule has 0 amide bonds. The van der Waals surface area contributed by atoms with Crippen LogP contribution in [0.2, 0.25) is 0 Å². The van der Waals surface area contributed by atoms with Gasteiger partial charge in [-0.2, -0.15) is 0 Å². The van der Waals surface area contributed by atoms with Crippen molar-refractivity contribution < 1.29 is 15.0 Å². The van der Waals surface area contributed by atoms with Crippen LogP contribution in [0.5, 0.6) is 0 Å². The fraction of sp³-hybridized carbons (Fsp3) is 0.600. The second-order valence-corrected chi connectivity index (χ2v) is 2.11. The molecule has 2 N–H and O–H groups in total. The first-order valence-corrected chi connectivity index (χ1v) is 3.31. The smallest absolute Gasteiger partial charge is 0.311 e. The molecular formula is C5H8N4O3. The number of carbonyl (C=O) groups is 1. The maximum Gasteiger partial charge on any atom is 0.311 e. The molecule has 0 bridgehead atoms. The van der Waals surface area contributed by atoms with Gasteiger partial charge in [-0.3, -0.25) is 4.79 Å². The number of rotatable bonds is 4. The molecular weight excluding hydrogens is 164 g/mol.